The van der Waals surface area contributed by atoms with Crippen LogP contribution in [0.1, 0.15) is 101 Å². The Labute approximate surface area is 339 Å². The van der Waals surface area contributed by atoms with Gasteiger partial charge >= 0.3 is 23.9 Å². The number of carbonyl (C=O) groups is 4. The highest BCUT2D eigenvalue weighted by Gasteiger charge is 2.87. The zero-order valence-electron chi connectivity index (χ0n) is 35.3. The molecule has 1 spiro atoms. The summed E-state index contributed by atoms with van der Waals surface area (Å²) in [5.74, 6) is -8.53. The second kappa shape index (κ2) is 14.3. The Morgan fingerprint density at radius 2 is 1.55 bits per heavy atom. The molecule has 4 saturated carbocycles. The summed E-state index contributed by atoms with van der Waals surface area (Å²) in [5, 5.41) is 73.1. The molecule has 3 aliphatic heterocycles. The van der Waals surface area contributed by atoms with Gasteiger partial charge in [-0.1, -0.05) is 27.7 Å². The largest absolute Gasteiger partial charge is 0.458 e. The average Bonchev–Trinajstić information content (AvgIpc) is 3.40. The van der Waals surface area contributed by atoms with E-state index < -0.39 is 136 Å². The van der Waals surface area contributed by atoms with Gasteiger partial charge in [-0.05, 0) is 77.0 Å². The molecule has 7 aliphatic rings. The molecule has 7 fully saturated rings. The molecule has 4 aliphatic carbocycles. The number of hydrogen-bond acceptors (Lipinski definition) is 16. The first kappa shape index (κ1) is 43.6. The number of nitrogens with zero attached hydrogens (tertiary/aromatic N) is 1. The first-order valence-electron chi connectivity index (χ1n) is 21.2. The third-order valence-corrected chi connectivity index (χ3v) is 16.5. The molecule has 0 aromatic rings. The Morgan fingerprint density at radius 1 is 0.931 bits per heavy atom. The molecule has 20 atom stereocenters. The van der Waals surface area contributed by atoms with Crippen LogP contribution in [0.5, 0.6) is 0 Å². The molecule has 0 unspecified atom stereocenters. The van der Waals surface area contributed by atoms with E-state index in [2.05, 4.69) is 11.8 Å². The minimum absolute atomic E-state index is 0.0280. The van der Waals surface area contributed by atoms with Crippen molar-refractivity contribution in [2.45, 2.75) is 172 Å². The lowest BCUT2D eigenvalue weighted by Gasteiger charge is -2.71. The van der Waals surface area contributed by atoms with E-state index in [9.17, 15) is 49.8 Å². The van der Waals surface area contributed by atoms with Crippen molar-refractivity contribution in [3.05, 3.63) is 0 Å². The SMILES string of the molecule is CC[C@H](C)C(=O)O[C@@H]1[C@H](O)[C@@H]2[C@H](CN3C[C@H](C)CC[C@@H]3[C@]2(C)O)[C@@H]2C[C@@]34OC[C@@]5(O)[C@H](OC(=O)[C@](C)(O)[C@H](C)O)CC[C@@]3(C)[C@H]5[C@H](OC(C)=O)[C@H](OC(C)=O)[C@@H]4[C@@]12O. The van der Waals surface area contributed by atoms with Gasteiger partial charge in [-0.25, -0.2) is 4.79 Å². The van der Waals surface area contributed by atoms with Crippen molar-refractivity contribution in [1.82, 2.24) is 4.90 Å². The van der Waals surface area contributed by atoms with E-state index in [0.717, 1.165) is 27.2 Å². The first-order valence-corrected chi connectivity index (χ1v) is 21.2. The summed E-state index contributed by atoms with van der Waals surface area (Å²) >= 11 is 0. The van der Waals surface area contributed by atoms with E-state index in [-0.39, 0.29) is 25.3 Å². The summed E-state index contributed by atoms with van der Waals surface area (Å²) in [6, 6.07) is -0.309. The van der Waals surface area contributed by atoms with Crippen molar-refractivity contribution in [2.75, 3.05) is 19.7 Å². The quantitative estimate of drug-likeness (QED) is 0.145. The molecule has 16 heteroatoms. The van der Waals surface area contributed by atoms with Gasteiger partial charge in [-0.15, -0.1) is 0 Å². The number of hydrogen-bond donors (Lipinski definition) is 6. The number of rotatable bonds is 8. The van der Waals surface area contributed by atoms with Crippen LogP contribution < -0.4 is 0 Å². The molecule has 4 bridgehead atoms. The van der Waals surface area contributed by atoms with Crippen LogP contribution in [-0.2, 0) is 42.9 Å². The Bertz CT molecular complexity index is 1670. The predicted octanol–water partition coefficient (Wildman–Crippen LogP) is 0.621. The van der Waals surface area contributed by atoms with Crippen molar-refractivity contribution in [1.29, 1.82) is 0 Å². The molecule has 0 aromatic heterocycles. The van der Waals surface area contributed by atoms with Gasteiger partial charge < -0.3 is 54.3 Å². The fourth-order valence-corrected chi connectivity index (χ4v) is 13.4. The summed E-state index contributed by atoms with van der Waals surface area (Å²) in [4.78, 5) is 55.8. The number of carbonyl (C=O) groups excluding carboxylic acids is 4. The molecule has 6 N–H and O–H groups in total. The second-order valence-corrected chi connectivity index (χ2v) is 19.9. The zero-order chi connectivity index (χ0) is 42.9. The molecule has 7 rings (SSSR count). The van der Waals surface area contributed by atoms with Crippen LogP contribution in [0.25, 0.3) is 0 Å². The van der Waals surface area contributed by atoms with Crippen LogP contribution in [0, 0.1) is 46.8 Å². The lowest BCUT2D eigenvalue weighted by molar-refractivity contribution is -0.387. The molecule has 0 radical (unpaired) electrons. The number of aliphatic hydroxyl groups is 6. The van der Waals surface area contributed by atoms with Gasteiger partial charge in [-0.3, -0.25) is 19.3 Å². The van der Waals surface area contributed by atoms with Gasteiger partial charge in [0.05, 0.1) is 41.9 Å². The maximum absolute atomic E-state index is 13.9. The topological polar surface area (TPSA) is 239 Å². The molecule has 0 amide bonds. The van der Waals surface area contributed by atoms with Gasteiger partial charge in [0, 0.05) is 50.2 Å². The minimum atomic E-state index is -2.34. The lowest BCUT2D eigenvalue weighted by Crippen LogP contribution is -2.84. The molecule has 0 aromatic carbocycles. The fourth-order valence-electron chi connectivity index (χ4n) is 13.4. The second-order valence-electron chi connectivity index (χ2n) is 19.9. The predicted molar refractivity (Wildman–Crippen MR) is 201 cm³/mol. The molecule has 3 heterocycles. The Kier molecular flexibility index (Phi) is 10.8. The van der Waals surface area contributed by atoms with Crippen LogP contribution in [0.3, 0.4) is 0 Å². The summed E-state index contributed by atoms with van der Waals surface area (Å²) in [5.41, 5.74) is -10.9. The molecule has 16 nitrogen and oxygen atoms in total. The fraction of sp³-hybridized carbons (Fsp3) is 0.905. The van der Waals surface area contributed by atoms with Crippen LogP contribution >= 0.6 is 0 Å². The number of ether oxygens (including phenoxy) is 5. The van der Waals surface area contributed by atoms with Gasteiger partial charge in [0.25, 0.3) is 0 Å². The Hall–Kier alpha value is -2.44. The smallest absolute Gasteiger partial charge is 0.340 e. The third kappa shape index (κ3) is 5.96. The minimum Gasteiger partial charge on any atom is -0.458 e. The normalized spacial score (nSPS) is 50.0. The molecule has 58 heavy (non-hydrogen) atoms. The first-order chi connectivity index (χ1) is 26.8. The highest BCUT2D eigenvalue weighted by molar-refractivity contribution is 5.79. The number of fused-ring (bicyclic) bond motifs is 5. The monoisotopic (exact) mass is 823 g/mol. The van der Waals surface area contributed by atoms with E-state index in [0.29, 0.717) is 31.8 Å². The maximum Gasteiger partial charge on any atom is 0.340 e. The van der Waals surface area contributed by atoms with E-state index in [1.165, 1.54) is 6.92 Å². The van der Waals surface area contributed by atoms with Crippen molar-refractivity contribution in [3.63, 3.8) is 0 Å². The Balaban J connectivity index is 1.43. The molecule has 328 valence electrons. The zero-order valence-corrected chi connectivity index (χ0v) is 35.3. The van der Waals surface area contributed by atoms with Crippen molar-refractivity contribution >= 4 is 23.9 Å². The summed E-state index contributed by atoms with van der Waals surface area (Å²) in [7, 11) is 0. The van der Waals surface area contributed by atoms with Gasteiger partial charge in [0.1, 0.15) is 29.5 Å². The van der Waals surface area contributed by atoms with E-state index in [1.807, 2.05) is 13.8 Å². The highest BCUT2D eigenvalue weighted by atomic mass is 16.6. The number of aliphatic hydroxyl groups excluding tert-OH is 2. The highest BCUT2D eigenvalue weighted by Crippen LogP contribution is 2.75. The van der Waals surface area contributed by atoms with Crippen LogP contribution in [0.15, 0.2) is 0 Å². The molecular weight excluding hydrogens is 758 g/mol. The third-order valence-electron chi connectivity index (χ3n) is 16.5. The summed E-state index contributed by atoms with van der Waals surface area (Å²) < 4.78 is 31.2. The molecular formula is C42H65NO15. The lowest BCUT2D eigenvalue weighted by atomic mass is 9.42. The van der Waals surface area contributed by atoms with Crippen LogP contribution in [0.2, 0.25) is 0 Å². The maximum atomic E-state index is 13.9. The standard InChI is InChI=1S/C42H65NO15/c1-10-20(3)35(48)58-34-29(47)28-24(17-43-16-19(2)11-12-26(43)39(28,9)51)25-15-41-33(42(25,34)53)31(56-23(6)46)30(55-22(5)45)32-37(41,7)14-13-27(40(32,52)18-54-41)57-36(49)38(8,50)21(4)44/h19-21,24-34,44,47,50-53H,10-18H2,1-9H3/t19-,20+,21+,24-,25+,26-,27-,28+,29-,30-,31+,32-,33+,34-,37+,38-,39+,40-,41+,42-/m1/s1. The van der Waals surface area contributed by atoms with Crippen molar-refractivity contribution in [2.24, 2.45) is 46.8 Å². The molecule has 3 saturated heterocycles. The number of piperidine rings is 2. The average molecular weight is 824 g/mol. The van der Waals surface area contributed by atoms with E-state index >= 15 is 0 Å². The van der Waals surface area contributed by atoms with Gasteiger partial charge in [0.15, 0.2) is 11.7 Å². The van der Waals surface area contributed by atoms with Crippen LogP contribution in [0.4, 0.5) is 0 Å². The van der Waals surface area contributed by atoms with Gasteiger partial charge in [0.2, 0.25) is 0 Å². The van der Waals surface area contributed by atoms with Crippen LogP contribution in [-0.4, -0.2) is 150 Å². The summed E-state index contributed by atoms with van der Waals surface area (Å²) in [6.07, 6.45) is -6.93. The number of esters is 4. The van der Waals surface area contributed by atoms with Crippen molar-refractivity contribution in [3.8, 4) is 0 Å². The summed E-state index contributed by atoms with van der Waals surface area (Å²) in [6.45, 7) is 14.4. The van der Waals surface area contributed by atoms with E-state index in [4.69, 9.17) is 23.7 Å². The Morgan fingerprint density at radius 3 is 2.14 bits per heavy atom. The van der Waals surface area contributed by atoms with Crippen molar-refractivity contribution < 1.29 is 73.5 Å². The van der Waals surface area contributed by atoms with E-state index in [1.54, 1.807) is 13.8 Å². The van der Waals surface area contributed by atoms with Gasteiger partial charge in [-0.2, -0.15) is 0 Å².